The quantitative estimate of drug-likeness (QED) is 0.669. The highest BCUT2D eigenvalue weighted by Crippen LogP contribution is 2.50. The number of fused-ring (bicyclic) bond motifs is 2. The summed E-state index contributed by atoms with van der Waals surface area (Å²) < 4.78 is 7.25. The van der Waals surface area contributed by atoms with E-state index in [1.54, 1.807) is 5.56 Å². The molecule has 1 aromatic carbocycles. The lowest BCUT2D eigenvalue weighted by Gasteiger charge is -2.40. The van der Waals surface area contributed by atoms with Crippen molar-refractivity contribution in [2.75, 3.05) is 6.61 Å². The van der Waals surface area contributed by atoms with Gasteiger partial charge in [0.15, 0.2) is 0 Å². The molecule has 1 unspecified atom stereocenters. The molecule has 74 valence electrons. The minimum atomic E-state index is 0.126. The van der Waals surface area contributed by atoms with Crippen LogP contribution in [0.5, 0.6) is 0 Å². The summed E-state index contributed by atoms with van der Waals surface area (Å²) >= 11 is 2.44. The van der Waals surface area contributed by atoms with Crippen molar-refractivity contribution in [3.63, 3.8) is 0 Å². The molecule has 1 aliphatic heterocycles. The van der Waals surface area contributed by atoms with Gasteiger partial charge in [0, 0.05) is 9.99 Å². The van der Waals surface area contributed by atoms with Crippen molar-refractivity contribution in [1.29, 1.82) is 0 Å². The van der Waals surface area contributed by atoms with Gasteiger partial charge in [-0.1, -0.05) is 6.07 Å². The average Bonchev–Trinajstić information content (AvgIpc) is 2.51. The Labute approximate surface area is 98.0 Å². The number of benzene rings is 1. The minimum absolute atomic E-state index is 0.126. The first-order valence-corrected chi connectivity index (χ1v) is 6.23. The van der Waals surface area contributed by atoms with Crippen LogP contribution in [0.2, 0.25) is 0 Å². The number of aryl methyl sites for hydroxylation is 1. The maximum atomic E-state index is 5.84. The molecule has 1 nitrogen and oxygen atoms in total. The highest BCUT2D eigenvalue weighted by atomic mass is 127. The van der Waals surface area contributed by atoms with E-state index in [9.17, 15) is 0 Å². The minimum Gasteiger partial charge on any atom is -0.370 e. The lowest BCUT2D eigenvalue weighted by atomic mass is 9.86. The van der Waals surface area contributed by atoms with Gasteiger partial charge in [0.05, 0.1) is 12.2 Å². The first-order valence-electron chi connectivity index (χ1n) is 5.15. The van der Waals surface area contributed by atoms with E-state index in [0.717, 1.165) is 6.61 Å². The van der Waals surface area contributed by atoms with Crippen LogP contribution in [0.4, 0.5) is 0 Å². The highest BCUT2D eigenvalue weighted by molar-refractivity contribution is 14.1. The van der Waals surface area contributed by atoms with Crippen molar-refractivity contribution in [1.82, 2.24) is 0 Å². The molecule has 1 aliphatic carbocycles. The lowest BCUT2D eigenvalue weighted by Crippen LogP contribution is -2.39. The summed E-state index contributed by atoms with van der Waals surface area (Å²) in [6.45, 7) is 3.16. The van der Waals surface area contributed by atoms with Crippen molar-refractivity contribution < 1.29 is 4.74 Å². The summed E-state index contributed by atoms with van der Waals surface area (Å²) in [5, 5.41) is 0. The fraction of sp³-hybridized carbons (Fsp3) is 0.500. The molecule has 0 bridgehead atoms. The van der Waals surface area contributed by atoms with Gasteiger partial charge in [0.1, 0.15) is 0 Å². The maximum Gasteiger partial charge on any atom is 0.0962 e. The van der Waals surface area contributed by atoms with Crippen LogP contribution in [0, 0.1) is 10.5 Å². The molecule has 0 radical (unpaired) electrons. The summed E-state index contributed by atoms with van der Waals surface area (Å²) in [5.74, 6) is 0. The van der Waals surface area contributed by atoms with Crippen LogP contribution >= 0.6 is 22.6 Å². The van der Waals surface area contributed by atoms with Crippen molar-refractivity contribution in [2.45, 2.75) is 31.8 Å². The van der Waals surface area contributed by atoms with Gasteiger partial charge in [-0.05, 0) is 65.1 Å². The Balaban J connectivity index is 2.22. The zero-order valence-electron chi connectivity index (χ0n) is 8.27. The van der Waals surface area contributed by atoms with Gasteiger partial charge in [-0.2, -0.15) is 0 Å². The molecule has 0 amide bonds. The van der Waals surface area contributed by atoms with Crippen molar-refractivity contribution in [2.24, 2.45) is 0 Å². The van der Waals surface area contributed by atoms with E-state index < -0.39 is 0 Å². The summed E-state index contributed by atoms with van der Waals surface area (Å²) in [6, 6.07) is 4.46. The van der Waals surface area contributed by atoms with Crippen LogP contribution in [0.1, 0.15) is 29.5 Å². The molecule has 1 atom stereocenters. The zero-order valence-corrected chi connectivity index (χ0v) is 10.4. The number of rotatable bonds is 0. The highest BCUT2D eigenvalue weighted by Gasteiger charge is 2.46. The molecule has 0 saturated carbocycles. The average molecular weight is 300 g/mol. The van der Waals surface area contributed by atoms with Gasteiger partial charge in [0.2, 0.25) is 0 Å². The van der Waals surface area contributed by atoms with Gasteiger partial charge in [-0.25, -0.2) is 0 Å². The van der Waals surface area contributed by atoms with E-state index >= 15 is 0 Å². The molecule has 1 aromatic rings. The number of hydrogen-bond acceptors (Lipinski definition) is 1. The standard InChI is InChI=1S/C12H13IO/c1-8-2-3-10(13)9-4-5-12(11(8)9)6-7-14-12/h2-3H,4-7H2,1H3. The van der Waals surface area contributed by atoms with E-state index in [-0.39, 0.29) is 5.60 Å². The van der Waals surface area contributed by atoms with Crippen LogP contribution in [0.15, 0.2) is 12.1 Å². The van der Waals surface area contributed by atoms with Crippen molar-refractivity contribution >= 4 is 22.6 Å². The predicted molar refractivity (Wildman–Crippen MR) is 64.5 cm³/mol. The molecule has 0 aromatic heterocycles. The zero-order chi connectivity index (χ0) is 9.76. The second kappa shape index (κ2) is 2.95. The van der Waals surface area contributed by atoms with Crippen LogP contribution in [-0.2, 0) is 16.8 Å². The predicted octanol–water partition coefficient (Wildman–Crippen LogP) is 3.16. The molecule has 1 spiro atoms. The molecule has 0 N–H and O–H groups in total. The molecule has 1 saturated heterocycles. The molecular formula is C12H13IO. The van der Waals surface area contributed by atoms with Crippen molar-refractivity contribution in [3.05, 3.63) is 32.4 Å². The Kier molecular flexibility index (Phi) is 1.93. The first kappa shape index (κ1) is 9.16. The van der Waals surface area contributed by atoms with Gasteiger partial charge < -0.3 is 4.74 Å². The summed E-state index contributed by atoms with van der Waals surface area (Å²) in [4.78, 5) is 0. The van der Waals surface area contributed by atoms with Crippen molar-refractivity contribution in [3.8, 4) is 0 Å². The van der Waals surface area contributed by atoms with E-state index in [4.69, 9.17) is 4.74 Å². The van der Waals surface area contributed by atoms with E-state index in [2.05, 4.69) is 41.6 Å². The lowest BCUT2D eigenvalue weighted by molar-refractivity contribution is -0.152. The summed E-state index contributed by atoms with van der Waals surface area (Å²) in [5.41, 5.74) is 4.60. The molecule has 1 fully saturated rings. The molecular weight excluding hydrogens is 287 g/mol. The van der Waals surface area contributed by atoms with Gasteiger partial charge in [0.25, 0.3) is 0 Å². The van der Waals surface area contributed by atoms with E-state index in [1.165, 1.54) is 34.0 Å². The Hall–Kier alpha value is -0.0900. The van der Waals surface area contributed by atoms with Crippen LogP contribution in [0.25, 0.3) is 0 Å². The molecule has 2 heteroatoms. The van der Waals surface area contributed by atoms with E-state index in [0.29, 0.717) is 0 Å². The Morgan fingerprint density at radius 1 is 1.36 bits per heavy atom. The smallest absolute Gasteiger partial charge is 0.0962 e. The monoisotopic (exact) mass is 300 g/mol. The number of hydrogen-bond donors (Lipinski definition) is 0. The second-order valence-corrected chi connectivity index (χ2v) is 5.47. The Bertz CT molecular complexity index is 394. The second-order valence-electron chi connectivity index (χ2n) is 4.31. The third kappa shape index (κ3) is 1.04. The fourth-order valence-corrected chi connectivity index (χ4v) is 3.53. The van der Waals surface area contributed by atoms with Gasteiger partial charge >= 0.3 is 0 Å². The van der Waals surface area contributed by atoms with Crippen LogP contribution in [-0.4, -0.2) is 6.61 Å². The molecule has 3 rings (SSSR count). The Morgan fingerprint density at radius 3 is 2.79 bits per heavy atom. The van der Waals surface area contributed by atoms with Crippen LogP contribution in [0.3, 0.4) is 0 Å². The summed E-state index contributed by atoms with van der Waals surface area (Å²) in [6.07, 6.45) is 3.62. The Morgan fingerprint density at radius 2 is 2.14 bits per heavy atom. The largest absolute Gasteiger partial charge is 0.370 e. The van der Waals surface area contributed by atoms with Gasteiger partial charge in [-0.3, -0.25) is 0 Å². The first-order chi connectivity index (χ1) is 6.73. The summed E-state index contributed by atoms with van der Waals surface area (Å²) in [7, 11) is 0. The van der Waals surface area contributed by atoms with Crippen LogP contribution < -0.4 is 0 Å². The third-order valence-electron chi connectivity index (χ3n) is 3.58. The fourth-order valence-electron chi connectivity index (χ4n) is 2.81. The normalized spacial score (nSPS) is 29.0. The number of halogens is 1. The SMILES string of the molecule is Cc1ccc(I)c2c1C1(CCO1)CC2. The molecule has 2 aliphatic rings. The van der Waals surface area contributed by atoms with E-state index in [1.807, 2.05) is 0 Å². The third-order valence-corrected chi connectivity index (χ3v) is 4.59. The number of ether oxygens (including phenoxy) is 1. The molecule has 14 heavy (non-hydrogen) atoms. The van der Waals surface area contributed by atoms with Gasteiger partial charge in [-0.15, -0.1) is 0 Å². The maximum absolute atomic E-state index is 5.84. The topological polar surface area (TPSA) is 9.23 Å². The molecule has 1 heterocycles.